The fourth-order valence-electron chi connectivity index (χ4n) is 5.69. The molecule has 8 heteroatoms. The van der Waals surface area contributed by atoms with E-state index in [4.69, 9.17) is 4.74 Å². The molecule has 1 aliphatic heterocycles. The summed E-state index contributed by atoms with van der Waals surface area (Å²) in [7, 11) is 0. The van der Waals surface area contributed by atoms with Crippen LogP contribution in [0.4, 0.5) is 9.18 Å². The molecule has 0 unspecified atom stereocenters. The Hall–Kier alpha value is -3.42. The first-order valence-electron chi connectivity index (χ1n) is 13.8. The maximum absolute atomic E-state index is 14.5. The minimum Gasteiger partial charge on any atom is -0.444 e. The van der Waals surface area contributed by atoms with E-state index < -0.39 is 11.4 Å². The highest BCUT2D eigenvalue weighted by Gasteiger charge is 2.31. The average molecular weight is 537 g/mol. The maximum Gasteiger partial charge on any atom is 0.410 e. The highest BCUT2D eigenvalue weighted by molar-refractivity contribution is 5.99. The van der Waals surface area contributed by atoms with Gasteiger partial charge in [-0.2, -0.15) is 0 Å². The van der Waals surface area contributed by atoms with E-state index in [0.717, 1.165) is 34.9 Å². The highest BCUT2D eigenvalue weighted by atomic mass is 19.1. The van der Waals surface area contributed by atoms with Gasteiger partial charge in [-0.3, -0.25) is 9.78 Å². The zero-order valence-corrected chi connectivity index (χ0v) is 24.4. The number of amides is 2. The van der Waals surface area contributed by atoms with Crippen molar-refractivity contribution < 1.29 is 18.7 Å². The van der Waals surface area contributed by atoms with Crippen LogP contribution in [0.15, 0.2) is 36.8 Å². The van der Waals surface area contributed by atoms with E-state index in [-0.39, 0.29) is 30.0 Å². The minimum absolute atomic E-state index is 0.0372. The van der Waals surface area contributed by atoms with Crippen LogP contribution in [0, 0.1) is 18.7 Å². The van der Waals surface area contributed by atoms with Gasteiger partial charge in [0.1, 0.15) is 11.4 Å². The fraction of sp³-hybridized carbons (Fsp3) is 0.516. The number of benzene rings is 1. The Labute approximate surface area is 230 Å². The molecule has 210 valence electrons. The van der Waals surface area contributed by atoms with Crippen LogP contribution >= 0.6 is 0 Å². The second-order valence-electron chi connectivity index (χ2n) is 12.2. The normalized spacial score (nSPS) is 16.0. The Morgan fingerprint density at radius 3 is 2.49 bits per heavy atom. The van der Waals surface area contributed by atoms with E-state index in [1.54, 1.807) is 22.1 Å². The molecule has 1 atom stereocenters. The second kappa shape index (κ2) is 11.0. The Balaban J connectivity index is 1.72. The Bertz CT molecular complexity index is 1360. The molecule has 0 bridgehead atoms. The van der Waals surface area contributed by atoms with E-state index in [2.05, 4.69) is 11.2 Å². The summed E-state index contributed by atoms with van der Waals surface area (Å²) in [6.45, 7) is 16.8. The summed E-state index contributed by atoms with van der Waals surface area (Å²) in [5.41, 5.74) is 3.43. The van der Waals surface area contributed by atoms with Crippen molar-refractivity contribution in [3.63, 3.8) is 0 Å². The van der Waals surface area contributed by atoms with Gasteiger partial charge in [-0.25, -0.2) is 9.18 Å². The van der Waals surface area contributed by atoms with Gasteiger partial charge in [-0.1, -0.05) is 0 Å². The van der Waals surface area contributed by atoms with Crippen LogP contribution in [0.5, 0.6) is 0 Å². The molecule has 2 amide bonds. The SMILES string of the molecule is Cc1cncc2c1c(C[C@@H]1CCN(C(=O)OC(C)(C)C)C1)cn2-c1ccc(F)cc1C(=O)N(C(C)C)C(C)C. The summed E-state index contributed by atoms with van der Waals surface area (Å²) < 4.78 is 22.1. The lowest BCUT2D eigenvalue weighted by atomic mass is 9.97. The zero-order valence-electron chi connectivity index (χ0n) is 24.4. The highest BCUT2D eigenvalue weighted by Crippen LogP contribution is 2.33. The van der Waals surface area contributed by atoms with Crippen molar-refractivity contribution in [2.75, 3.05) is 13.1 Å². The van der Waals surface area contributed by atoms with Gasteiger partial charge in [-0.15, -0.1) is 0 Å². The topological polar surface area (TPSA) is 67.7 Å². The molecule has 0 spiro atoms. The molecule has 1 saturated heterocycles. The lowest BCUT2D eigenvalue weighted by Crippen LogP contribution is -2.42. The molecule has 4 rings (SSSR count). The van der Waals surface area contributed by atoms with E-state index in [1.807, 2.05) is 66.2 Å². The number of halogens is 1. The third kappa shape index (κ3) is 6.10. The Morgan fingerprint density at radius 2 is 1.85 bits per heavy atom. The van der Waals surface area contributed by atoms with Gasteiger partial charge in [0.05, 0.1) is 23.0 Å². The summed E-state index contributed by atoms with van der Waals surface area (Å²) in [5.74, 6) is -0.383. The minimum atomic E-state index is -0.530. The summed E-state index contributed by atoms with van der Waals surface area (Å²) in [6, 6.07) is 4.33. The second-order valence-corrected chi connectivity index (χ2v) is 12.2. The third-order valence-corrected chi connectivity index (χ3v) is 7.22. The van der Waals surface area contributed by atoms with Crippen LogP contribution in [0.25, 0.3) is 16.6 Å². The monoisotopic (exact) mass is 536 g/mol. The number of aromatic nitrogens is 2. The van der Waals surface area contributed by atoms with Gasteiger partial charge in [-0.05, 0) is 103 Å². The largest absolute Gasteiger partial charge is 0.444 e. The average Bonchev–Trinajstić information content (AvgIpc) is 3.43. The lowest BCUT2D eigenvalue weighted by Gasteiger charge is -2.31. The number of carbonyl (C=O) groups excluding carboxylic acids is 2. The molecule has 7 nitrogen and oxygen atoms in total. The number of aryl methyl sites for hydroxylation is 1. The third-order valence-electron chi connectivity index (χ3n) is 7.22. The number of nitrogens with zero attached hydrogens (tertiary/aromatic N) is 4. The van der Waals surface area contributed by atoms with Crippen molar-refractivity contribution in [2.45, 2.75) is 85.9 Å². The van der Waals surface area contributed by atoms with Gasteiger partial charge >= 0.3 is 6.09 Å². The number of likely N-dealkylation sites (tertiary alicyclic amines) is 1. The lowest BCUT2D eigenvalue weighted by molar-refractivity contribution is 0.0288. The summed E-state index contributed by atoms with van der Waals surface area (Å²) >= 11 is 0. The number of hydrogen-bond acceptors (Lipinski definition) is 4. The molecule has 0 aliphatic carbocycles. The number of ether oxygens (including phenoxy) is 1. The number of fused-ring (bicyclic) bond motifs is 1. The van der Waals surface area contributed by atoms with E-state index in [9.17, 15) is 14.0 Å². The van der Waals surface area contributed by atoms with Crippen molar-refractivity contribution in [1.82, 2.24) is 19.4 Å². The number of hydrogen-bond donors (Lipinski definition) is 0. The predicted octanol–water partition coefficient (Wildman–Crippen LogP) is 6.53. The van der Waals surface area contributed by atoms with Crippen LogP contribution in [0.2, 0.25) is 0 Å². The molecule has 1 aromatic carbocycles. The van der Waals surface area contributed by atoms with Crippen LogP contribution in [0.1, 0.15) is 76.4 Å². The summed E-state index contributed by atoms with van der Waals surface area (Å²) in [4.78, 5) is 34.4. The maximum atomic E-state index is 14.5. The molecular formula is C31H41FN4O3. The van der Waals surface area contributed by atoms with Gasteiger partial charge in [0.25, 0.3) is 5.91 Å². The Kier molecular flexibility index (Phi) is 8.05. The van der Waals surface area contributed by atoms with Crippen molar-refractivity contribution in [3.8, 4) is 5.69 Å². The van der Waals surface area contributed by atoms with Crippen LogP contribution in [-0.2, 0) is 11.2 Å². The number of rotatable bonds is 6. The van der Waals surface area contributed by atoms with E-state index >= 15 is 0 Å². The molecule has 3 heterocycles. The van der Waals surface area contributed by atoms with Gasteiger partial charge in [0.2, 0.25) is 0 Å². The molecule has 0 N–H and O–H groups in total. The fourth-order valence-corrected chi connectivity index (χ4v) is 5.69. The Morgan fingerprint density at radius 1 is 1.15 bits per heavy atom. The van der Waals surface area contributed by atoms with Crippen molar-refractivity contribution >= 4 is 22.9 Å². The first kappa shape index (κ1) is 28.6. The molecule has 1 fully saturated rings. The standard InChI is InChI=1S/C31H41FN4O3/c1-19(2)36(20(3)4)29(37)25-14-24(32)9-10-26(25)35-18-23(28-21(5)15-33-16-27(28)35)13-22-11-12-34(17-22)30(38)39-31(6,7)8/h9-10,14-16,18-20,22H,11-13,17H2,1-8H3/t22-/m0/s1. The first-order chi connectivity index (χ1) is 18.3. The molecular weight excluding hydrogens is 495 g/mol. The smallest absolute Gasteiger partial charge is 0.410 e. The molecule has 39 heavy (non-hydrogen) atoms. The van der Waals surface area contributed by atoms with Gasteiger partial charge < -0.3 is 19.1 Å². The van der Waals surface area contributed by atoms with Gasteiger partial charge in [0, 0.05) is 43.0 Å². The van der Waals surface area contributed by atoms with Crippen molar-refractivity contribution in [1.29, 1.82) is 0 Å². The molecule has 0 radical (unpaired) electrons. The van der Waals surface area contributed by atoms with Crippen LogP contribution < -0.4 is 0 Å². The molecule has 1 aliphatic rings. The summed E-state index contributed by atoms with van der Waals surface area (Å²) in [6.07, 6.45) is 7.06. The van der Waals surface area contributed by atoms with Crippen molar-refractivity contribution in [3.05, 3.63) is 59.3 Å². The molecule has 2 aromatic heterocycles. The molecule has 3 aromatic rings. The van der Waals surface area contributed by atoms with Crippen molar-refractivity contribution in [2.24, 2.45) is 5.92 Å². The first-order valence-corrected chi connectivity index (χ1v) is 13.8. The predicted molar refractivity (Wildman–Crippen MR) is 152 cm³/mol. The molecule has 0 saturated carbocycles. The van der Waals surface area contributed by atoms with Gasteiger partial charge in [0.15, 0.2) is 0 Å². The van der Waals surface area contributed by atoms with E-state index in [0.29, 0.717) is 24.3 Å². The quantitative estimate of drug-likeness (QED) is 0.359. The summed E-state index contributed by atoms with van der Waals surface area (Å²) in [5, 5.41) is 1.08. The van der Waals surface area contributed by atoms with Crippen LogP contribution in [0.3, 0.4) is 0 Å². The zero-order chi connectivity index (χ0) is 28.6. The number of carbonyl (C=O) groups is 2. The van der Waals surface area contributed by atoms with E-state index in [1.165, 1.54) is 12.1 Å². The van der Waals surface area contributed by atoms with Crippen LogP contribution in [-0.4, -0.2) is 62.1 Å². The number of pyridine rings is 1.